The van der Waals surface area contributed by atoms with Gasteiger partial charge in [-0.25, -0.2) is 4.98 Å². The molecule has 0 unspecified atom stereocenters. The van der Waals surface area contributed by atoms with Gasteiger partial charge >= 0.3 is 0 Å². The topological polar surface area (TPSA) is 34.1 Å². The standard InChI is InChI=1S/C14H15BrN2OS/c1-18-13-3-2-10(15)5-11(13)12-8-19-14(17-12)4-9-6-16-7-9/h2-3,5,8-9,16H,4,6-7H2,1H3. The van der Waals surface area contributed by atoms with Gasteiger partial charge in [0.25, 0.3) is 0 Å². The Morgan fingerprint density at radius 3 is 3.00 bits per heavy atom. The molecule has 0 atom stereocenters. The summed E-state index contributed by atoms with van der Waals surface area (Å²) in [5.74, 6) is 1.62. The Bertz CT molecular complexity index is 581. The number of hydrogen-bond donors (Lipinski definition) is 1. The Kier molecular flexibility index (Phi) is 3.86. The molecule has 5 heteroatoms. The number of thiazole rings is 1. The fourth-order valence-corrected chi connectivity index (χ4v) is 3.42. The van der Waals surface area contributed by atoms with Crippen LogP contribution in [0.1, 0.15) is 5.01 Å². The van der Waals surface area contributed by atoms with Crippen molar-refractivity contribution in [2.75, 3.05) is 20.2 Å². The van der Waals surface area contributed by atoms with Gasteiger partial charge in [0.05, 0.1) is 17.8 Å². The van der Waals surface area contributed by atoms with E-state index in [1.165, 1.54) is 5.01 Å². The van der Waals surface area contributed by atoms with Gasteiger partial charge in [0.2, 0.25) is 0 Å². The second-order valence-electron chi connectivity index (χ2n) is 4.70. The van der Waals surface area contributed by atoms with E-state index in [-0.39, 0.29) is 0 Å². The SMILES string of the molecule is COc1ccc(Br)cc1-c1csc(CC2CNC2)n1. The van der Waals surface area contributed by atoms with Crippen molar-refractivity contribution in [3.63, 3.8) is 0 Å². The monoisotopic (exact) mass is 338 g/mol. The molecule has 3 nitrogen and oxygen atoms in total. The highest BCUT2D eigenvalue weighted by Crippen LogP contribution is 2.33. The summed E-state index contributed by atoms with van der Waals surface area (Å²) in [6.45, 7) is 2.24. The van der Waals surface area contributed by atoms with Crippen molar-refractivity contribution < 1.29 is 4.74 Å². The van der Waals surface area contributed by atoms with Gasteiger partial charge in [-0.1, -0.05) is 15.9 Å². The van der Waals surface area contributed by atoms with Crippen LogP contribution in [0.25, 0.3) is 11.3 Å². The van der Waals surface area contributed by atoms with E-state index in [1.54, 1.807) is 18.4 Å². The number of methoxy groups -OCH3 is 1. The van der Waals surface area contributed by atoms with Crippen molar-refractivity contribution >= 4 is 27.3 Å². The van der Waals surface area contributed by atoms with Crippen molar-refractivity contribution in [1.82, 2.24) is 10.3 Å². The summed E-state index contributed by atoms with van der Waals surface area (Å²) in [6, 6.07) is 6.01. The highest BCUT2D eigenvalue weighted by molar-refractivity contribution is 9.10. The third-order valence-corrected chi connectivity index (χ3v) is 4.68. The predicted octanol–water partition coefficient (Wildman–Crippen LogP) is 3.34. The van der Waals surface area contributed by atoms with Gasteiger partial charge in [-0.15, -0.1) is 11.3 Å². The molecule has 2 aromatic rings. The molecule has 1 aliphatic heterocycles. The summed E-state index contributed by atoms with van der Waals surface area (Å²) in [7, 11) is 1.69. The van der Waals surface area contributed by atoms with Gasteiger partial charge in [-0.05, 0) is 37.2 Å². The van der Waals surface area contributed by atoms with E-state index < -0.39 is 0 Å². The lowest BCUT2D eigenvalue weighted by Gasteiger charge is -2.25. The van der Waals surface area contributed by atoms with E-state index in [4.69, 9.17) is 9.72 Å². The molecule has 1 aliphatic rings. The number of nitrogens with zero attached hydrogens (tertiary/aromatic N) is 1. The number of rotatable bonds is 4. The van der Waals surface area contributed by atoms with Crippen LogP contribution in [-0.4, -0.2) is 25.2 Å². The van der Waals surface area contributed by atoms with Crippen LogP contribution in [0.2, 0.25) is 0 Å². The van der Waals surface area contributed by atoms with E-state index >= 15 is 0 Å². The molecule has 0 aliphatic carbocycles. The van der Waals surface area contributed by atoms with Gasteiger partial charge < -0.3 is 10.1 Å². The number of benzene rings is 1. The Morgan fingerprint density at radius 2 is 2.32 bits per heavy atom. The number of nitrogens with one attached hydrogen (secondary N) is 1. The molecule has 100 valence electrons. The Balaban J connectivity index is 1.86. The van der Waals surface area contributed by atoms with Gasteiger partial charge in [-0.2, -0.15) is 0 Å². The molecular formula is C14H15BrN2OS. The minimum absolute atomic E-state index is 0.753. The van der Waals surface area contributed by atoms with E-state index in [2.05, 4.69) is 32.7 Å². The number of halogens is 1. The number of hydrogen-bond acceptors (Lipinski definition) is 4. The fraction of sp³-hybridized carbons (Fsp3) is 0.357. The fourth-order valence-electron chi connectivity index (χ4n) is 2.15. The zero-order valence-electron chi connectivity index (χ0n) is 10.6. The first-order valence-corrected chi connectivity index (χ1v) is 7.92. The smallest absolute Gasteiger partial charge is 0.128 e. The molecule has 3 rings (SSSR count). The quantitative estimate of drug-likeness (QED) is 0.928. The molecule has 0 amide bonds. The van der Waals surface area contributed by atoms with Gasteiger partial charge in [0.15, 0.2) is 0 Å². The predicted molar refractivity (Wildman–Crippen MR) is 81.9 cm³/mol. The van der Waals surface area contributed by atoms with Gasteiger partial charge in [0.1, 0.15) is 5.75 Å². The lowest BCUT2D eigenvalue weighted by molar-refractivity contribution is 0.346. The van der Waals surface area contributed by atoms with Crippen molar-refractivity contribution in [2.24, 2.45) is 5.92 Å². The summed E-state index contributed by atoms with van der Waals surface area (Å²) in [6.07, 6.45) is 1.08. The molecule has 1 aromatic heterocycles. The molecule has 0 bridgehead atoms. The van der Waals surface area contributed by atoms with Crippen molar-refractivity contribution in [3.8, 4) is 17.0 Å². The maximum absolute atomic E-state index is 5.41. The summed E-state index contributed by atoms with van der Waals surface area (Å²) >= 11 is 5.24. The van der Waals surface area contributed by atoms with Gasteiger partial charge in [-0.3, -0.25) is 0 Å². The minimum Gasteiger partial charge on any atom is -0.496 e. The lowest BCUT2D eigenvalue weighted by atomic mass is 10.0. The van der Waals surface area contributed by atoms with Crippen LogP contribution in [-0.2, 0) is 6.42 Å². The Hall–Kier alpha value is -0.910. The average molecular weight is 339 g/mol. The number of ether oxygens (including phenoxy) is 1. The third kappa shape index (κ3) is 2.83. The summed E-state index contributed by atoms with van der Waals surface area (Å²) < 4.78 is 6.45. The maximum atomic E-state index is 5.41. The molecule has 1 aromatic carbocycles. The molecule has 1 N–H and O–H groups in total. The van der Waals surface area contributed by atoms with Crippen LogP contribution in [0.15, 0.2) is 28.1 Å². The highest BCUT2D eigenvalue weighted by atomic mass is 79.9. The largest absolute Gasteiger partial charge is 0.496 e. The molecule has 1 saturated heterocycles. The van der Waals surface area contributed by atoms with Crippen molar-refractivity contribution in [1.29, 1.82) is 0 Å². The van der Waals surface area contributed by atoms with E-state index in [1.807, 2.05) is 12.1 Å². The number of aromatic nitrogens is 1. The Morgan fingerprint density at radius 1 is 1.47 bits per heavy atom. The van der Waals surface area contributed by atoms with Crippen LogP contribution in [0, 0.1) is 5.92 Å². The maximum Gasteiger partial charge on any atom is 0.128 e. The first-order chi connectivity index (χ1) is 9.26. The van der Waals surface area contributed by atoms with Crippen LogP contribution < -0.4 is 10.1 Å². The zero-order chi connectivity index (χ0) is 13.2. The molecule has 1 fully saturated rings. The van der Waals surface area contributed by atoms with Crippen LogP contribution in [0.4, 0.5) is 0 Å². The van der Waals surface area contributed by atoms with E-state index in [0.29, 0.717) is 0 Å². The van der Waals surface area contributed by atoms with Gasteiger partial charge in [0, 0.05) is 21.8 Å². The van der Waals surface area contributed by atoms with E-state index in [9.17, 15) is 0 Å². The van der Waals surface area contributed by atoms with Crippen LogP contribution in [0.5, 0.6) is 5.75 Å². The molecule has 0 saturated carbocycles. The summed E-state index contributed by atoms with van der Waals surface area (Å²) in [5.41, 5.74) is 2.05. The summed E-state index contributed by atoms with van der Waals surface area (Å²) in [5, 5.41) is 6.62. The lowest BCUT2D eigenvalue weighted by Crippen LogP contribution is -2.43. The van der Waals surface area contributed by atoms with Crippen LogP contribution >= 0.6 is 27.3 Å². The zero-order valence-corrected chi connectivity index (χ0v) is 13.1. The first kappa shape index (κ1) is 13.1. The summed E-state index contributed by atoms with van der Waals surface area (Å²) in [4.78, 5) is 4.74. The van der Waals surface area contributed by atoms with Crippen molar-refractivity contribution in [2.45, 2.75) is 6.42 Å². The molecule has 2 heterocycles. The van der Waals surface area contributed by atoms with Crippen molar-refractivity contribution in [3.05, 3.63) is 33.1 Å². The highest BCUT2D eigenvalue weighted by Gasteiger charge is 2.19. The van der Waals surface area contributed by atoms with E-state index in [0.717, 1.165) is 46.9 Å². The second kappa shape index (κ2) is 5.61. The molecule has 19 heavy (non-hydrogen) atoms. The minimum atomic E-state index is 0.753. The normalized spacial score (nSPS) is 15.3. The third-order valence-electron chi connectivity index (χ3n) is 3.32. The molecule has 0 radical (unpaired) electrons. The second-order valence-corrected chi connectivity index (χ2v) is 6.56. The Labute approximate surface area is 125 Å². The molecular weight excluding hydrogens is 324 g/mol. The van der Waals surface area contributed by atoms with Crippen LogP contribution in [0.3, 0.4) is 0 Å². The molecule has 0 spiro atoms. The first-order valence-electron chi connectivity index (χ1n) is 6.25. The average Bonchev–Trinajstić information content (AvgIpc) is 2.82.